The van der Waals surface area contributed by atoms with E-state index in [0.717, 1.165) is 16.8 Å². The molecule has 8 nitrogen and oxygen atoms in total. The molecule has 2 aliphatic rings. The predicted molar refractivity (Wildman–Crippen MR) is 144 cm³/mol. The Balaban J connectivity index is 1.75. The first-order valence-corrected chi connectivity index (χ1v) is 12.9. The summed E-state index contributed by atoms with van der Waals surface area (Å²) in [7, 11) is 3.16. The molecule has 4 rings (SSSR count). The van der Waals surface area contributed by atoms with Crippen LogP contribution in [0, 0.1) is 0 Å². The first-order valence-electron chi connectivity index (χ1n) is 12.0. The van der Waals surface area contributed by atoms with E-state index in [-0.39, 0.29) is 25.0 Å². The van der Waals surface area contributed by atoms with Crippen molar-refractivity contribution in [3.8, 4) is 11.5 Å². The van der Waals surface area contributed by atoms with Crippen molar-refractivity contribution in [2.75, 3.05) is 14.2 Å². The number of fused-ring (bicyclic) bond motifs is 1. The second kappa shape index (κ2) is 11.6. The van der Waals surface area contributed by atoms with Crippen molar-refractivity contribution in [3.63, 3.8) is 0 Å². The lowest BCUT2D eigenvalue weighted by molar-refractivity contribution is -0.141. The molecule has 0 fully saturated rings. The van der Waals surface area contributed by atoms with Crippen molar-refractivity contribution in [3.05, 3.63) is 82.0 Å². The maximum atomic E-state index is 13.6. The average molecular weight is 522 g/mol. The Morgan fingerprint density at radius 2 is 1.86 bits per heavy atom. The number of aliphatic imine (C=N–C) groups is 1. The molecule has 0 spiro atoms. The number of ether oxygens (including phenoxy) is 3. The Morgan fingerprint density at radius 1 is 1.11 bits per heavy atom. The molecule has 194 valence electrons. The fourth-order valence-corrected chi connectivity index (χ4v) is 5.27. The van der Waals surface area contributed by atoms with Crippen LogP contribution in [0.15, 0.2) is 75.9 Å². The minimum atomic E-state index is -0.607. The molecule has 1 N–H and O–H groups in total. The van der Waals surface area contributed by atoms with E-state index in [4.69, 9.17) is 19.2 Å². The van der Waals surface area contributed by atoms with Crippen molar-refractivity contribution in [1.82, 2.24) is 10.2 Å². The molecule has 2 aromatic rings. The molecule has 0 aromatic heterocycles. The van der Waals surface area contributed by atoms with Crippen LogP contribution in [0.1, 0.15) is 44.4 Å². The summed E-state index contributed by atoms with van der Waals surface area (Å²) in [4.78, 5) is 33.0. The molecular formula is C28H31N3O5S. The summed E-state index contributed by atoms with van der Waals surface area (Å²) in [6.45, 7) is 5.77. The van der Waals surface area contributed by atoms with E-state index in [0.29, 0.717) is 27.9 Å². The van der Waals surface area contributed by atoms with Crippen LogP contribution < -0.4 is 14.8 Å². The van der Waals surface area contributed by atoms with Crippen LogP contribution in [0.3, 0.4) is 0 Å². The van der Waals surface area contributed by atoms with Gasteiger partial charge in [-0.1, -0.05) is 42.1 Å². The normalized spacial score (nSPS) is 16.7. The first-order chi connectivity index (χ1) is 17.8. The highest BCUT2D eigenvalue weighted by Crippen LogP contribution is 2.47. The molecule has 2 aromatic carbocycles. The summed E-state index contributed by atoms with van der Waals surface area (Å²) in [6, 6.07) is 14.4. The van der Waals surface area contributed by atoms with Crippen LogP contribution in [0.5, 0.6) is 11.5 Å². The number of thioether (sulfide) groups is 1. The predicted octanol–water partition coefficient (Wildman–Crippen LogP) is 4.94. The molecule has 1 atom stereocenters. The summed E-state index contributed by atoms with van der Waals surface area (Å²) in [6.07, 6.45) is 0.143. The van der Waals surface area contributed by atoms with E-state index in [1.165, 1.54) is 11.8 Å². The lowest BCUT2D eigenvalue weighted by atomic mass is 9.93. The number of benzene rings is 2. The molecule has 0 saturated heterocycles. The smallest absolute Gasteiger partial charge is 0.338 e. The van der Waals surface area contributed by atoms with Crippen molar-refractivity contribution >= 4 is 28.8 Å². The van der Waals surface area contributed by atoms with Gasteiger partial charge in [-0.2, -0.15) is 0 Å². The molecule has 1 amide bonds. The number of allylic oxidation sites excluding steroid dienone is 1. The highest BCUT2D eigenvalue weighted by atomic mass is 32.2. The lowest BCUT2D eigenvalue weighted by Gasteiger charge is -2.37. The van der Waals surface area contributed by atoms with Gasteiger partial charge in [-0.3, -0.25) is 4.79 Å². The Labute approximate surface area is 221 Å². The lowest BCUT2D eigenvalue weighted by Crippen LogP contribution is -2.39. The van der Waals surface area contributed by atoms with Gasteiger partial charge < -0.3 is 24.4 Å². The van der Waals surface area contributed by atoms with Crippen LogP contribution in [0.2, 0.25) is 0 Å². The van der Waals surface area contributed by atoms with Gasteiger partial charge in [0, 0.05) is 23.4 Å². The molecule has 9 heteroatoms. The van der Waals surface area contributed by atoms with E-state index in [9.17, 15) is 9.59 Å². The number of esters is 1. The first kappa shape index (κ1) is 26.3. The van der Waals surface area contributed by atoms with E-state index in [1.807, 2.05) is 66.6 Å². The van der Waals surface area contributed by atoms with E-state index in [1.54, 1.807) is 27.2 Å². The van der Waals surface area contributed by atoms with Crippen LogP contribution in [-0.4, -0.2) is 42.2 Å². The third-order valence-electron chi connectivity index (χ3n) is 5.96. The SMILES string of the molecule is COc1ccc(C2C(C(=O)OCc3ccccc3)=C(C)N=C3SC=C(CC(=O)NC(C)C)N32)c(OC)c1. The number of methoxy groups -OCH3 is 2. The molecule has 37 heavy (non-hydrogen) atoms. The molecule has 0 radical (unpaired) electrons. The Bertz CT molecular complexity index is 1270. The van der Waals surface area contributed by atoms with Crippen molar-refractivity contribution < 1.29 is 23.8 Å². The maximum Gasteiger partial charge on any atom is 0.338 e. The van der Waals surface area contributed by atoms with Crippen LogP contribution in [0.4, 0.5) is 0 Å². The van der Waals surface area contributed by atoms with Gasteiger partial charge in [0.25, 0.3) is 0 Å². The zero-order chi connectivity index (χ0) is 26.5. The van der Waals surface area contributed by atoms with Crippen molar-refractivity contribution in [2.45, 2.75) is 45.9 Å². The van der Waals surface area contributed by atoms with Gasteiger partial charge >= 0.3 is 5.97 Å². The van der Waals surface area contributed by atoms with E-state index < -0.39 is 12.0 Å². The standard InChI is InChI=1S/C28H31N3O5S/c1-17(2)29-24(32)13-20-16-37-28-30-18(3)25(27(33)36-15-19-9-7-6-8-10-19)26(31(20)28)22-12-11-21(34-4)14-23(22)35-5/h6-12,14,16-17,26H,13,15H2,1-5H3,(H,29,32). The summed E-state index contributed by atoms with van der Waals surface area (Å²) >= 11 is 1.42. The number of nitrogens with zero attached hydrogens (tertiary/aromatic N) is 2. The van der Waals surface area contributed by atoms with Gasteiger partial charge in [0.05, 0.1) is 38.0 Å². The highest BCUT2D eigenvalue weighted by Gasteiger charge is 2.42. The second-order valence-electron chi connectivity index (χ2n) is 8.96. The second-order valence-corrected chi connectivity index (χ2v) is 9.80. The van der Waals surface area contributed by atoms with E-state index >= 15 is 0 Å². The number of amidine groups is 1. The number of nitrogens with one attached hydrogen (secondary N) is 1. The Kier molecular flexibility index (Phi) is 8.23. The Morgan fingerprint density at radius 3 is 2.54 bits per heavy atom. The summed E-state index contributed by atoms with van der Waals surface area (Å²) < 4.78 is 16.9. The number of rotatable bonds is 9. The van der Waals surface area contributed by atoms with Gasteiger partial charge in [-0.15, -0.1) is 0 Å². The summed E-state index contributed by atoms with van der Waals surface area (Å²) in [5.41, 5.74) is 3.31. The van der Waals surface area contributed by atoms with Gasteiger partial charge in [0.1, 0.15) is 18.1 Å². The molecule has 2 aliphatic heterocycles. The largest absolute Gasteiger partial charge is 0.497 e. The molecule has 0 aliphatic carbocycles. The Hall–Kier alpha value is -3.72. The van der Waals surface area contributed by atoms with Gasteiger partial charge in [-0.05, 0) is 43.9 Å². The third-order valence-corrected chi connectivity index (χ3v) is 6.85. The van der Waals surface area contributed by atoms with Gasteiger partial charge in [0.15, 0.2) is 5.17 Å². The monoisotopic (exact) mass is 521 g/mol. The van der Waals surface area contributed by atoms with Gasteiger partial charge in [-0.25, -0.2) is 9.79 Å². The zero-order valence-electron chi connectivity index (χ0n) is 21.6. The summed E-state index contributed by atoms with van der Waals surface area (Å²) in [5, 5.41) is 5.54. The molecule has 0 bridgehead atoms. The highest BCUT2D eigenvalue weighted by molar-refractivity contribution is 8.16. The molecular weight excluding hydrogens is 490 g/mol. The van der Waals surface area contributed by atoms with Gasteiger partial charge in [0.2, 0.25) is 5.91 Å². The third kappa shape index (κ3) is 5.83. The molecule has 0 saturated carbocycles. The molecule has 1 unspecified atom stereocenters. The topological polar surface area (TPSA) is 89.5 Å². The summed E-state index contributed by atoms with van der Waals surface area (Å²) in [5.74, 6) is 0.592. The van der Waals surface area contributed by atoms with Crippen LogP contribution in [0.25, 0.3) is 0 Å². The van der Waals surface area contributed by atoms with E-state index in [2.05, 4.69) is 5.32 Å². The van der Waals surface area contributed by atoms with Crippen LogP contribution in [-0.2, 0) is 20.9 Å². The fourth-order valence-electron chi connectivity index (χ4n) is 4.31. The quantitative estimate of drug-likeness (QED) is 0.468. The number of carbonyl (C=O) groups excluding carboxylic acids is 2. The minimum absolute atomic E-state index is 0.0137. The molecule has 2 heterocycles. The van der Waals surface area contributed by atoms with Crippen molar-refractivity contribution in [2.24, 2.45) is 4.99 Å². The fraction of sp³-hybridized carbons (Fsp3) is 0.321. The number of hydrogen-bond donors (Lipinski definition) is 1. The van der Waals surface area contributed by atoms with Crippen LogP contribution >= 0.6 is 11.8 Å². The van der Waals surface area contributed by atoms with Crippen molar-refractivity contribution in [1.29, 1.82) is 0 Å². The number of carbonyl (C=O) groups is 2. The minimum Gasteiger partial charge on any atom is -0.497 e. The average Bonchev–Trinajstić information content (AvgIpc) is 3.27. The number of hydrogen-bond acceptors (Lipinski definition) is 8. The zero-order valence-corrected chi connectivity index (χ0v) is 22.4. The number of amides is 1. The maximum absolute atomic E-state index is 13.6.